The standard InChI is InChI=1S/C19H18N2O3S/c22-18(11-6-12-20-19(23)14-7-2-1-3-8-14)24-13-17-21-15-9-4-5-10-16(15)25-17/h1-5,7-10H,6,11-13H2,(H,20,23). The van der Waals surface area contributed by atoms with Gasteiger partial charge in [-0.1, -0.05) is 30.3 Å². The van der Waals surface area contributed by atoms with Crippen molar-refractivity contribution in [3.8, 4) is 0 Å². The molecule has 1 amide bonds. The van der Waals surface area contributed by atoms with Crippen molar-refractivity contribution in [2.45, 2.75) is 19.4 Å². The average molecular weight is 354 g/mol. The quantitative estimate of drug-likeness (QED) is 0.520. The predicted octanol–water partition coefficient (Wildman–Crippen LogP) is 3.55. The van der Waals surface area contributed by atoms with Crippen LogP contribution >= 0.6 is 11.3 Å². The molecule has 25 heavy (non-hydrogen) atoms. The van der Waals surface area contributed by atoms with Crippen molar-refractivity contribution in [1.82, 2.24) is 10.3 Å². The molecule has 3 rings (SSSR count). The number of carbonyl (C=O) groups is 2. The van der Waals surface area contributed by atoms with E-state index in [1.54, 1.807) is 12.1 Å². The van der Waals surface area contributed by atoms with Crippen LogP contribution in [0.3, 0.4) is 0 Å². The molecular weight excluding hydrogens is 336 g/mol. The fourth-order valence-corrected chi connectivity index (χ4v) is 3.20. The molecule has 0 aliphatic rings. The summed E-state index contributed by atoms with van der Waals surface area (Å²) in [6.45, 7) is 0.624. The van der Waals surface area contributed by atoms with Crippen molar-refractivity contribution in [1.29, 1.82) is 0 Å². The van der Waals surface area contributed by atoms with Crippen molar-refractivity contribution in [2.24, 2.45) is 0 Å². The molecule has 2 aromatic carbocycles. The van der Waals surface area contributed by atoms with Crippen LogP contribution in [0.1, 0.15) is 28.2 Å². The molecule has 1 heterocycles. The summed E-state index contributed by atoms with van der Waals surface area (Å²) in [5, 5.41) is 3.57. The average Bonchev–Trinajstić information content (AvgIpc) is 3.07. The number of nitrogens with one attached hydrogen (secondary N) is 1. The molecule has 0 bridgehead atoms. The van der Waals surface area contributed by atoms with Gasteiger partial charge in [-0.05, 0) is 30.7 Å². The van der Waals surface area contributed by atoms with Gasteiger partial charge in [-0.3, -0.25) is 9.59 Å². The number of para-hydroxylation sites is 1. The van der Waals surface area contributed by atoms with Gasteiger partial charge < -0.3 is 10.1 Å². The van der Waals surface area contributed by atoms with Crippen molar-refractivity contribution in [3.63, 3.8) is 0 Å². The second kappa shape index (κ2) is 8.39. The molecule has 0 radical (unpaired) electrons. The monoisotopic (exact) mass is 354 g/mol. The number of nitrogens with zero attached hydrogens (tertiary/aromatic N) is 1. The number of amides is 1. The van der Waals surface area contributed by atoms with Gasteiger partial charge in [0.05, 0.1) is 10.2 Å². The lowest BCUT2D eigenvalue weighted by atomic mass is 10.2. The Morgan fingerprint density at radius 3 is 2.60 bits per heavy atom. The number of thiazole rings is 1. The van der Waals surface area contributed by atoms with Gasteiger partial charge in [0.1, 0.15) is 11.6 Å². The second-order valence-corrected chi connectivity index (χ2v) is 6.58. The number of rotatable bonds is 7. The molecule has 0 aliphatic heterocycles. The first-order valence-corrected chi connectivity index (χ1v) is 8.87. The van der Waals surface area contributed by atoms with Gasteiger partial charge in [-0.25, -0.2) is 4.98 Å². The van der Waals surface area contributed by atoms with Crippen molar-refractivity contribution in [2.75, 3.05) is 6.54 Å². The first-order chi connectivity index (χ1) is 12.2. The smallest absolute Gasteiger partial charge is 0.306 e. The van der Waals surface area contributed by atoms with Crippen molar-refractivity contribution < 1.29 is 14.3 Å². The van der Waals surface area contributed by atoms with Gasteiger partial charge in [0.15, 0.2) is 0 Å². The van der Waals surface area contributed by atoms with E-state index < -0.39 is 0 Å². The summed E-state index contributed by atoms with van der Waals surface area (Å²) in [5.41, 5.74) is 1.53. The summed E-state index contributed by atoms with van der Waals surface area (Å²) in [6, 6.07) is 16.8. The predicted molar refractivity (Wildman–Crippen MR) is 97.4 cm³/mol. The Hall–Kier alpha value is -2.73. The highest BCUT2D eigenvalue weighted by molar-refractivity contribution is 7.18. The largest absolute Gasteiger partial charge is 0.458 e. The van der Waals surface area contributed by atoms with Crippen LogP contribution < -0.4 is 5.32 Å². The lowest BCUT2D eigenvalue weighted by Crippen LogP contribution is -2.24. The first kappa shape index (κ1) is 17.1. The zero-order valence-corrected chi connectivity index (χ0v) is 14.4. The van der Waals surface area contributed by atoms with E-state index in [9.17, 15) is 9.59 Å². The topological polar surface area (TPSA) is 68.3 Å². The minimum Gasteiger partial charge on any atom is -0.458 e. The van der Waals surface area contributed by atoms with E-state index in [1.165, 1.54) is 11.3 Å². The Kier molecular flexibility index (Phi) is 5.74. The summed E-state index contributed by atoms with van der Waals surface area (Å²) in [5.74, 6) is -0.420. The molecular formula is C19H18N2O3S. The third-order valence-electron chi connectivity index (χ3n) is 3.57. The number of carbonyl (C=O) groups excluding carboxylic acids is 2. The summed E-state index contributed by atoms with van der Waals surface area (Å²) in [4.78, 5) is 28.1. The van der Waals surface area contributed by atoms with Crippen molar-refractivity contribution >= 4 is 33.4 Å². The molecule has 1 N–H and O–H groups in total. The summed E-state index contributed by atoms with van der Waals surface area (Å²) < 4.78 is 6.33. The molecule has 0 spiro atoms. The van der Waals surface area contributed by atoms with Crippen LogP contribution in [-0.2, 0) is 16.1 Å². The highest BCUT2D eigenvalue weighted by atomic mass is 32.1. The van der Waals surface area contributed by atoms with E-state index in [1.807, 2.05) is 42.5 Å². The zero-order chi connectivity index (χ0) is 17.5. The van der Waals surface area contributed by atoms with Crippen LogP contribution in [-0.4, -0.2) is 23.4 Å². The Balaban J connectivity index is 1.36. The Bertz CT molecular complexity index is 828. The van der Waals surface area contributed by atoms with E-state index in [-0.39, 0.29) is 24.9 Å². The van der Waals surface area contributed by atoms with Crippen LogP contribution in [0, 0.1) is 0 Å². The maximum Gasteiger partial charge on any atom is 0.306 e. The van der Waals surface area contributed by atoms with E-state index in [0.29, 0.717) is 18.5 Å². The Morgan fingerprint density at radius 1 is 1.04 bits per heavy atom. The number of benzene rings is 2. The number of ether oxygens (including phenoxy) is 1. The molecule has 0 unspecified atom stereocenters. The van der Waals surface area contributed by atoms with Crippen LogP contribution in [0.2, 0.25) is 0 Å². The molecule has 0 atom stereocenters. The number of fused-ring (bicyclic) bond motifs is 1. The van der Waals surface area contributed by atoms with Gasteiger partial charge in [0, 0.05) is 18.5 Å². The fourth-order valence-electron chi connectivity index (χ4n) is 2.32. The first-order valence-electron chi connectivity index (χ1n) is 8.06. The van der Waals surface area contributed by atoms with E-state index in [2.05, 4.69) is 10.3 Å². The minimum absolute atomic E-state index is 0.136. The number of hydrogen-bond acceptors (Lipinski definition) is 5. The van der Waals surface area contributed by atoms with Gasteiger partial charge in [0.2, 0.25) is 0 Å². The molecule has 1 aromatic heterocycles. The Labute approximate surface area is 149 Å². The lowest BCUT2D eigenvalue weighted by Gasteiger charge is -2.05. The van der Waals surface area contributed by atoms with Gasteiger partial charge >= 0.3 is 5.97 Å². The third-order valence-corrected chi connectivity index (χ3v) is 4.58. The fraction of sp³-hybridized carbons (Fsp3) is 0.211. The van der Waals surface area contributed by atoms with Gasteiger partial charge in [-0.15, -0.1) is 11.3 Å². The minimum atomic E-state index is -0.284. The highest BCUT2D eigenvalue weighted by Crippen LogP contribution is 2.22. The maximum atomic E-state index is 11.9. The van der Waals surface area contributed by atoms with Crippen LogP contribution in [0.15, 0.2) is 54.6 Å². The number of esters is 1. The normalized spacial score (nSPS) is 10.6. The van der Waals surface area contributed by atoms with E-state index in [0.717, 1.165) is 15.2 Å². The van der Waals surface area contributed by atoms with Crippen LogP contribution in [0.4, 0.5) is 0 Å². The van der Waals surface area contributed by atoms with Crippen LogP contribution in [0.25, 0.3) is 10.2 Å². The number of aromatic nitrogens is 1. The zero-order valence-electron chi connectivity index (χ0n) is 13.6. The lowest BCUT2D eigenvalue weighted by molar-refractivity contribution is -0.145. The van der Waals surface area contributed by atoms with Crippen LogP contribution in [0.5, 0.6) is 0 Å². The molecule has 6 heteroatoms. The third kappa shape index (κ3) is 4.87. The Morgan fingerprint density at radius 2 is 1.80 bits per heavy atom. The summed E-state index contributed by atoms with van der Waals surface area (Å²) in [7, 11) is 0. The SMILES string of the molecule is O=C(CCCNC(=O)c1ccccc1)OCc1nc2ccccc2s1. The molecule has 0 aliphatic carbocycles. The number of hydrogen-bond donors (Lipinski definition) is 1. The van der Waals surface area contributed by atoms with E-state index >= 15 is 0 Å². The molecule has 0 saturated carbocycles. The van der Waals surface area contributed by atoms with Gasteiger partial charge in [0.25, 0.3) is 5.91 Å². The molecule has 0 saturated heterocycles. The molecule has 0 fully saturated rings. The van der Waals surface area contributed by atoms with Gasteiger partial charge in [-0.2, -0.15) is 0 Å². The summed E-state index contributed by atoms with van der Waals surface area (Å²) in [6.07, 6.45) is 0.803. The van der Waals surface area contributed by atoms with Crippen molar-refractivity contribution in [3.05, 3.63) is 65.2 Å². The molecule has 3 aromatic rings. The summed E-state index contributed by atoms with van der Waals surface area (Å²) >= 11 is 1.52. The van der Waals surface area contributed by atoms with E-state index in [4.69, 9.17) is 4.74 Å². The second-order valence-electron chi connectivity index (χ2n) is 5.46. The maximum absolute atomic E-state index is 11.9. The molecule has 5 nitrogen and oxygen atoms in total. The molecule has 128 valence electrons. The highest BCUT2D eigenvalue weighted by Gasteiger charge is 2.08.